The van der Waals surface area contributed by atoms with Crippen molar-refractivity contribution < 1.29 is 9.84 Å². The van der Waals surface area contributed by atoms with Gasteiger partial charge in [-0.2, -0.15) is 5.10 Å². The van der Waals surface area contributed by atoms with Crippen LogP contribution in [-0.2, 0) is 6.54 Å². The lowest BCUT2D eigenvalue weighted by Crippen LogP contribution is -2.44. The Labute approximate surface area is 135 Å². The van der Waals surface area contributed by atoms with Crippen molar-refractivity contribution in [1.29, 1.82) is 0 Å². The minimum absolute atomic E-state index is 0.314. The second-order valence-electron chi connectivity index (χ2n) is 6.49. The number of nitrogens with zero attached hydrogens (tertiary/aromatic N) is 3. The number of halogens is 1. The van der Waals surface area contributed by atoms with Crippen LogP contribution in [0.4, 0.5) is 0 Å². The van der Waals surface area contributed by atoms with Crippen molar-refractivity contribution >= 4 is 11.6 Å². The number of benzene rings is 1. The molecule has 120 valence electrons. The van der Waals surface area contributed by atoms with Crippen molar-refractivity contribution in [3.8, 4) is 5.75 Å². The van der Waals surface area contributed by atoms with Gasteiger partial charge in [0.15, 0.2) is 0 Å². The molecule has 1 aromatic carbocycles. The maximum absolute atomic E-state index is 10.6. The van der Waals surface area contributed by atoms with E-state index in [1.807, 2.05) is 39.8 Å². The molecule has 0 saturated heterocycles. The molecule has 0 bridgehead atoms. The van der Waals surface area contributed by atoms with E-state index in [1.165, 1.54) is 6.33 Å². The fourth-order valence-electron chi connectivity index (χ4n) is 2.18. The zero-order valence-corrected chi connectivity index (χ0v) is 14.1. The third-order valence-electron chi connectivity index (χ3n) is 3.49. The highest BCUT2D eigenvalue weighted by Gasteiger charge is 2.32. The van der Waals surface area contributed by atoms with Crippen molar-refractivity contribution in [3.05, 3.63) is 41.4 Å². The Morgan fingerprint density at radius 2 is 2.09 bits per heavy atom. The molecule has 0 aliphatic carbocycles. The predicted octanol–water partition coefficient (Wildman–Crippen LogP) is 3.09. The number of hydrogen-bond donors (Lipinski definition) is 1. The molecule has 0 aliphatic rings. The molecule has 1 heterocycles. The average Bonchev–Trinajstić information content (AvgIpc) is 2.92. The number of aliphatic hydroxyl groups is 1. The fraction of sp³-hybridized carbons (Fsp3) is 0.500. The van der Waals surface area contributed by atoms with Crippen molar-refractivity contribution in [2.24, 2.45) is 5.41 Å². The summed E-state index contributed by atoms with van der Waals surface area (Å²) in [6, 6.07) is 5.44. The molecule has 1 N–H and O–H groups in total. The standard InChI is InChI=1S/C16H22ClN3O2/c1-11-7-12(17)5-6-13(11)22-14(15(21)16(2,3)4)8-20-10-18-9-19-20/h5-7,9-10,14-15,21H,8H2,1-4H3. The quantitative estimate of drug-likeness (QED) is 0.918. The van der Waals surface area contributed by atoms with Crippen molar-refractivity contribution in [2.45, 2.75) is 46.4 Å². The minimum atomic E-state index is -0.660. The van der Waals surface area contributed by atoms with E-state index in [1.54, 1.807) is 17.1 Å². The van der Waals surface area contributed by atoms with Crippen LogP contribution in [-0.4, -0.2) is 32.1 Å². The molecular formula is C16H22ClN3O2. The molecule has 0 saturated carbocycles. The number of ether oxygens (including phenoxy) is 1. The summed E-state index contributed by atoms with van der Waals surface area (Å²) < 4.78 is 7.72. The summed E-state index contributed by atoms with van der Waals surface area (Å²) in [6.07, 6.45) is 1.97. The van der Waals surface area contributed by atoms with Gasteiger partial charge < -0.3 is 9.84 Å². The van der Waals surface area contributed by atoms with Crippen LogP contribution in [0.2, 0.25) is 5.02 Å². The number of hydrogen-bond acceptors (Lipinski definition) is 4. The minimum Gasteiger partial charge on any atom is -0.485 e. The molecule has 0 fully saturated rings. The highest BCUT2D eigenvalue weighted by atomic mass is 35.5. The Hall–Kier alpha value is -1.59. The lowest BCUT2D eigenvalue weighted by Gasteiger charge is -2.33. The highest BCUT2D eigenvalue weighted by molar-refractivity contribution is 6.30. The Kier molecular flexibility index (Phi) is 5.08. The van der Waals surface area contributed by atoms with Crippen molar-refractivity contribution in [2.75, 3.05) is 0 Å². The molecule has 2 atom stereocenters. The second kappa shape index (κ2) is 6.67. The summed E-state index contributed by atoms with van der Waals surface area (Å²) in [6.45, 7) is 8.27. The third kappa shape index (κ3) is 4.21. The van der Waals surface area contributed by atoms with E-state index in [2.05, 4.69) is 10.1 Å². The SMILES string of the molecule is Cc1cc(Cl)ccc1OC(Cn1cncn1)C(O)C(C)(C)C. The molecule has 0 aliphatic heterocycles. The molecule has 6 heteroatoms. The first-order valence-corrected chi connectivity index (χ1v) is 7.58. The molecule has 2 unspecified atom stereocenters. The van der Waals surface area contributed by atoms with Gasteiger partial charge >= 0.3 is 0 Å². The first kappa shape index (κ1) is 16.8. The monoisotopic (exact) mass is 323 g/mol. The fourth-order valence-corrected chi connectivity index (χ4v) is 2.41. The van der Waals surface area contributed by atoms with Gasteiger partial charge in [0.1, 0.15) is 24.5 Å². The summed E-state index contributed by atoms with van der Waals surface area (Å²) in [7, 11) is 0. The summed E-state index contributed by atoms with van der Waals surface area (Å²) in [5, 5.41) is 15.4. The normalized spacial score (nSPS) is 14.6. The number of rotatable bonds is 5. The first-order valence-electron chi connectivity index (χ1n) is 7.20. The smallest absolute Gasteiger partial charge is 0.144 e. The van der Waals surface area contributed by atoms with Crippen molar-refractivity contribution in [3.63, 3.8) is 0 Å². The van der Waals surface area contributed by atoms with Gasteiger partial charge in [-0.25, -0.2) is 9.67 Å². The Bertz CT molecular complexity index is 608. The molecule has 5 nitrogen and oxygen atoms in total. The summed E-state index contributed by atoms with van der Waals surface area (Å²) >= 11 is 5.98. The Morgan fingerprint density at radius 1 is 1.36 bits per heavy atom. The average molecular weight is 324 g/mol. The lowest BCUT2D eigenvalue weighted by molar-refractivity contribution is -0.0399. The summed E-state index contributed by atoms with van der Waals surface area (Å²) in [4.78, 5) is 3.93. The maximum Gasteiger partial charge on any atom is 0.144 e. The Balaban J connectivity index is 2.23. The highest BCUT2D eigenvalue weighted by Crippen LogP contribution is 2.28. The van der Waals surface area contributed by atoms with E-state index in [0.29, 0.717) is 17.3 Å². The van der Waals surface area contributed by atoms with E-state index in [4.69, 9.17) is 16.3 Å². The first-order chi connectivity index (χ1) is 10.3. The Morgan fingerprint density at radius 3 is 2.64 bits per heavy atom. The van der Waals surface area contributed by atoms with E-state index in [-0.39, 0.29) is 5.41 Å². The van der Waals surface area contributed by atoms with Gasteiger partial charge in [0.2, 0.25) is 0 Å². The van der Waals surface area contributed by atoms with Crippen LogP contribution in [0.5, 0.6) is 5.75 Å². The van der Waals surface area contributed by atoms with Crippen LogP contribution in [0.15, 0.2) is 30.9 Å². The summed E-state index contributed by atoms with van der Waals surface area (Å²) in [5.74, 6) is 0.706. The molecule has 22 heavy (non-hydrogen) atoms. The van der Waals surface area contributed by atoms with Gasteiger partial charge in [0, 0.05) is 5.02 Å². The second-order valence-corrected chi connectivity index (χ2v) is 6.93. The van der Waals surface area contributed by atoms with Crippen LogP contribution in [0.3, 0.4) is 0 Å². The van der Waals surface area contributed by atoms with Gasteiger partial charge in [-0.15, -0.1) is 0 Å². The zero-order valence-electron chi connectivity index (χ0n) is 13.3. The van der Waals surface area contributed by atoms with E-state index >= 15 is 0 Å². The molecule has 2 aromatic rings. The van der Waals surface area contributed by atoms with Crippen molar-refractivity contribution in [1.82, 2.24) is 14.8 Å². The van der Waals surface area contributed by atoms with E-state index in [9.17, 15) is 5.11 Å². The third-order valence-corrected chi connectivity index (χ3v) is 3.72. The number of aliphatic hydroxyl groups excluding tert-OH is 1. The van der Waals surface area contributed by atoms with Crippen LogP contribution in [0.25, 0.3) is 0 Å². The maximum atomic E-state index is 10.6. The lowest BCUT2D eigenvalue weighted by atomic mass is 9.85. The summed E-state index contributed by atoms with van der Waals surface area (Å²) in [5.41, 5.74) is 0.614. The topological polar surface area (TPSA) is 60.2 Å². The van der Waals surface area contributed by atoms with Gasteiger partial charge in [0.25, 0.3) is 0 Å². The van der Waals surface area contributed by atoms with Crippen LogP contribution < -0.4 is 4.74 Å². The number of aryl methyl sites for hydroxylation is 1. The molecule has 0 spiro atoms. The molecule has 1 aromatic heterocycles. The molecular weight excluding hydrogens is 302 g/mol. The predicted molar refractivity (Wildman–Crippen MR) is 86.1 cm³/mol. The molecule has 0 radical (unpaired) electrons. The molecule has 2 rings (SSSR count). The largest absolute Gasteiger partial charge is 0.485 e. The van der Waals surface area contributed by atoms with Crippen LogP contribution in [0, 0.1) is 12.3 Å². The van der Waals surface area contributed by atoms with Crippen LogP contribution in [0.1, 0.15) is 26.3 Å². The van der Waals surface area contributed by atoms with Crippen LogP contribution >= 0.6 is 11.6 Å². The zero-order chi connectivity index (χ0) is 16.3. The van der Waals surface area contributed by atoms with Gasteiger partial charge in [-0.3, -0.25) is 0 Å². The van der Waals surface area contributed by atoms with E-state index in [0.717, 1.165) is 5.56 Å². The number of aromatic nitrogens is 3. The van der Waals surface area contributed by atoms with Gasteiger partial charge in [-0.05, 0) is 36.1 Å². The van der Waals surface area contributed by atoms with E-state index < -0.39 is 12.2 Å². The van der Waals surface area contributed by atoms with Gasteiger partial charge in [0.05, 0.1) is 12.6 Å². The molecule has 0 amide bonds. The van der Waals surface area contributed by atoms with Gasteiger partial charge in [-0.1, -0.05) is 32.4 Å².